The van der Waals surface area contributed by atoms with E-state index < -0.39 is 0 Å². The molecular weight excluding hydrogens is 368 g/mol. The van der Waals surface area contributed by atoms with Crippen LogP contribution >= 0.6 is 0 Å². The Labute approximate surface area is 171 Å². The lowest BCUT2D eigenvalue weighted by molar-refractivity contribution is -0.128. The zero-order valence-corrected chi connectivity index (χ0v) is 16.9. The Bertz CT molecular complexity index is 794. The number of hydrogen-bond donors (Lipinski definition) is 1. The van der Waals surface area contributed by atoms with Crippen LogP contribution in [0.4, 0.5) is 4.79 Å². The molecular formula is C21H30N6O2. The van der Waals surface area contributed by atoms with Crippen LogP contribution in [0.5, 0.6) is 0 Å². The van der Waals surface area contributed by atoms with Crippen molar-refractivity contribution in [3.8, 4) is 0 Å². The highest BCUT2D eigenvalue weighted by molar-refractivity contribution is 5.78. The third-order valence-corrected chi connectivity index (χ3v) is 8.02. The summed E-state index contributed by atoms with van der Waals surface area (Å²) in [5, 5.41) is 11.9. The molecule has 2 aliphatic heterocycles. The zero-order valence-electron chi connectivity index (χ0n) is 16.9. The van der Waals surface area contributed by atoms with E-state index in [1.54, 1.807) is 0 Å². The van der Waals surface area contributed by atoms with Gasteiger partial charge in [0, 0.05) is 31.6 Å². The molecule has 0 radical (unpaired) electrons. The van der Waals surface area contributed by atoms with Gasteiger partial charge in [0.1, 0.15) is 5.69 Å². The normalized spacial score (nSPS) is 36.0. The van der Waals surface area contributed by atoms with Gasteiger partial charge < -0.3 is 15.1 Å². The number of carbonyl (C=O) groups excluding carboxylic acids is 2. The molecule has 8 heteroatoms. The Balaban J connectivity index is 1.03. The van der Waals surface area contributed by atoms with Gasteiger partial charge in [0.05, 0.1) is 18.8 Å². The van der Waals surface area contributed by atoms with Crippen molar-refractivity contribution >= 4 is 11.9 Å². The van der Waals surface area contributed by atoms with Gasteiger partial charge in [-0.25, -0.2) is 9.48 Å². The molecule has 4 aliphatic carbocycles. The number of likely N-dealkylation sites (tertiary alicyclic amines) is 2. The molecule has 0 atom stereocenters. The highest BCUT2D eigenvalue weighted by atomic mass is 16.2. The van der Waals surface area contributed by atoms with E-state index in [9.17, 15) is 9.59 Å². The van der Waals surface area contributed by atoms with Crippen molar-refractivity contribution in [1.82, 2.24) is 30.1 Å². The minimum Gasteiger partial charge on any atom is -0.337 e. The molecule has 6 fully saturated rings. The molecule has 156 valence electrons. The summed E-state index contributed by atoms with van der Waals surface area (Å²) < 4.78 is 1.87. The Morgan fingerprint density at radius 1 is 1.14 bits per heavy atom. The van der Waals surface area contributed by atoms with Gasteiger partial charge in [-0.1, -0.05) is 5.21 Å². The maximum atomic E-state index is 12.9. The van der Waals surface area contributed by atoms with E-state index in [4.69, 9.17) is 0 Å². The van der Waals surface area contributed by atoms with Crippen LogP contribution in [-0.2, 0) is 11.3 Å². The van der Waals surface area contributed by atoms with Crippen LogP contribution in [0.1, 0.15) is 63.1 Å². The second kappa shape index (κ2) is 6.44. The lowest BCUT2D eigenvalue weighted by Gasteiger charge is -2.57. The summed E-state index contributed by atoms with van der Waals surface area (Å²) in [5.74, 6) is 2.71. The van der Waals surface area contributed by atoms with Gasteiger partial charge in [-0.3, -0.25) is 4.79 Å². The number of urea groups is 1. The first-order valence-electron chi connectivity index (χ1n) is 11.3. The molecule has 8 nitrogen and oxygen atoms in total. The van der Waals surface area contributed by atoms with Gasteiger partial charge in [0.25, 0.3) is 0 Å². The Morgan fingerprint density at radius 2 is 1.83 bits per heavy atom. The molecule has 1 N–H and O–H groups in total. The number of nitrogens with zero attached hydrogens (tertiary/aromatic N) is 5. The van der Waals surface area contributed by atoms with Crippen LogP contribution in [-0.4, -0.2) is 61.9 Å². The first-order chi connectivity index (χ1) is 14.1. The van der Waals surface area contributed by atoms with Crippen molar-refractivity contribution in [3.05, 3.63) is 11.9 Å². The van der Waals surface area contributed by atoms with Crippen LogP contribution in [0.3, 0.4) is 0 Å². The predicted molar refractivity (Wildman–Crippen MR) is 105 cm³/mol. The molecule has 29 heavy (non-hydrogen) atoms. The van der Waals surface area contributed by atoms with Crippen molar-refractivity contribution in [3.63, 3.8) is 0 Å². The molecule has 2 saturated heterocycles. The van der Waals surface area contributed by atoms with Gasteiger partial charge in [-0.2, -0.15) is 0 Å². The smallest absolute Gasteiger partial charge is 0.317 e. The molecule has 3 heterocycles. The van der Waals surface area contributed by atoms with E-state index in [-0.39, 0.29) is 23.5 Å². The summed E-state index contributed by atoms with van der Waals surface area (Å²) in [5.41, 5.74) is 0.899. The number of aromatic nitrogens is 3. The lowest BCUT2D eigenvalue weighted by atomic mass is 9.53. The molecule has 1 aromatic heterocycles. The number of rotatable bonds is 4. The number of carbonyl (C=O) groups is 2. The second-order valence-corrected chi connectivity index (χ2v) is 10.3. The van der Waals surface area contributed by atoms with Gasteiger partial charge in [0.15, 0.2) is 0 Å². The predicted octanol–water partition coefficient (Wildman–Crippen LogP) is 1.94. The zero-order chi connectivity index (χ0) is 19.6. The monoisotopic (exact) mass is 398 g/mol. The van der Waals surface area contributed by atoms with Crippen LogP contribution in [0.15, 0.2) is 6.20 Å². The minimum absolute atomic E-state index is 0.0691. The van der Waals surface area contributed by atoms with E-state index in [2.05, 4.69) is 15.6 Å². The highest BCUT2D eigenvalue weighted by Gasteiger charge is 2.52. The third-order valence-electron chi connectivity index (χ3n) is 8.02. The molecule has 6 aliphatic rings. The average molecular weight is 399 g/mol. The maximum absolute atomic E-state index is 12.9. The summed E-state index contributed by atoms with van der Waals surface area (Å²) in [6.07, 6.45) is 11.2. The first-order valence-corrected chi connectivity index (χ1v) is 11.3. The van der Waals surface area contributed by atoms with Gasteiger partial charge >= 0.3 is 6.03 Å². The SMILES string of the molecule is O=C1CCCN1Cc1cn(C2CN(C(=O)NC34CC5CC(CC(C5)C3)C4)C2)nn1. The van der Waals surface area contributed by atoms with Crippen LogP contribution in [0, 0.1) is 17.8 Å². The van der Waals surface area contributed by atoms with Gasteiger partial charge in [-0.15, -0.1) is 5.10 Å². The van der Waals surface area contributed by atoms with Gasteiger partial charge in [-0.05, 0) is 62.7 Å². The van der Waals surface area contributed by atoms with E-state index in [1.807, 2.05) is 20.7 Å². The van der Waals surface area contributed by atoms with Crippen molar-refractivity contribution < 1.29 is 9.59 Å². The fourth-order valence-corrected chi connectivity index (χ4v) is 6.99. The summed E-state index contributed by atoms with van der Waals surface area (Å²) in [4.78, 5) is 28.4. The number of nitrogens with one attached hydrogen (secondary N) is 1. The van der Waals surface area contributed by atoms with Crippen LogP contribution in [0.2, 0.25) is 0 Å². The summed E-state index contributed by atoms with van der Waals surface area (Å²) >= 11 is 0. The largest absolute Gasteiger partial charge is 0.337 e. The first kappa shape index (κ1) is 17.7. The summed E-state index contributed by atoms with van der Waals surface area (Å²) in [6, 6.07) is 0.291. The lowest BCUT2D eigenvalue weighted by Crippen LogP contribution is -2.64. The average Bonchev–Trinajstić information content (AvgIpc) is 3.22. The van der Waals surface area contributed by atoms with Crippen molar-refractivity contribution in [2.75, 3.05) is 19.6 Å². The number of amides is 3. The molecule has 0 aromatic carbocycles. The van der Waals surface area contributed by atoms with Crippen molar-refractivity contribution in [2.45, 2.75) is 69.5 Å². The second-order valence-electron chi connectivity index (χ2n) is 10.3. The van der Waals surface area contributed by atoms with Gasteiger partial charge in [0.2, 0.25) is 5.91 Å². The molecule has 0 unspecified atom stereocenters. The van der Waals surface area contributed by atoms with Crippen LogP contribution < -0.4 is 5.32 Å². The maximum Gasteiger partial charge on any atom is 0.317 e. The fraction of sp³-hybridized carbons (Fsp3) is 0.810. The molecule has 1 aromatic rings. The third kappa shape index (κ3) is 3.11. The molecule has 0 spiro atoms. The van der Waals surface area contributed by atoms with Crippen LogP contribution in [0.25, 0.3) is 0 Å². The van der Waals surface area contributed by atoms with Crippen molar-refractivity contribution in [1.29, 1.82) is 0 Å². The fourth-order valence-electron chi connectivity index (χ4n) is 6.99. The van der Waals surface area contributed by atoms with Crippen molar-refractivity contribution in [2.24, 2.45) is 17.8 Å². The van der Waals surface area contributed by atoms with E-state index in [0.29, 0.717) is 26.1 Å². The van der Waals surface area contributed by atoms with E-state index in [1.165, 1.54) is 38.5 Å². The Kier molecular flexibility index (Phi) is 3.93. The quantitative estimate of drug-likeness (QED) is 0.840. The topological polar surface area (TPSA) is 83.4 Å². The summed E-state index contributed by atoms with van der Waals surface area (Å²) in [6.45, 7) is 2.72. The molecule has 3 amide bonds. The Morgan fingerprint density at radius 3 is 2.45 bits per heavy atom. The number of hydrogen-bond acceptors (Lipinski definition) is 4. The standard InChI is InChI=1S/C21H30N6O2/c28-19-2-1-3-25(19)10-17-11-27(24-23-17)18-12-26(13-18)20(29)22-21-7-14-4-15(8-21)6-16(5-14)9-21/h11,14-16,18H,1-10,12-13H2,(H,22,29). The van der Waals surface area contributed by atoms with E-state index in [0.717, 1.165) is 36.4 Å². The molecule has 4 saturated carbocycles. The molecule has 4 bridgehead atoms. The Hall–Kier alpha value is -2.12. The van der Waals surface area contributed by atoms with E-state index >= 15 is 0 Å². The summed E-state index contributed by atoms with van der Waals surface area (Å²) in [7, 11) is 0. The highest BCUT2D eigenvalue weighted by Crippen LogP contribution is 2.55. The minimum atomic E-state index is 0.0691. The molecule has 7 rings (SSSR count).